The van der Waals surface area contributed by atoms with Crippen molar-refractivity contribution in [3.63, 3.8) is 0 Å². The van der Waals surface area contributed by atoms with Crippen molar-refractivity contribution in [3.05, 3.63) is 34.9 Å². The zero-order valence-electron chi connectivity index (χ0n) is 7.98. The Bertz CT molecular complexity index is 368. The quantitative estimate of drug-likeness (QED) is 0.647. The molecule has 0 aromatic heterocycles. The highest BCUT2D eigenvalue weighted by atomic mass is 32.2. The Hall–Kier alpha value is -1.22. The molecule has 0 aliphatic heterocycles. The van der Waals surface area contributed by atoms with Gasteiger partial charge >= 0.3 is 0 Å². The molecule has 0 heterocycles. The Balaban J connectivity index is 0.000000364. The van der Waals surface area contributed by atoms with Gasteiger partial charge in [-0.3, -0.25) is 9.35 Å². The number of hydrogen-bond donors (Lipinski definition) is 1. The lowest BCUT2D eigenvalue weighted by Crippen LogP contribution is -1.97. The first kappa shape index (κ1) is 12.8. The van der Waals surface area contributed by atoms with Crippen LogP contribution in [0.15, 0.2) is 18.2 Å². The third kappa shape index (κ3) is 5.43. The maximum absolute atomic E-state index is 8.78. The van der Waals surface area contributed by atoms with E-state index >= 15 is 0 Å². The van der Waals surface area contributed by atoms with Crippen LogP contribution in [0.3, 0.4) is 0 Å². The number of nitriles is 1. The van der Waals surface area contributed by atoms with E-state index in [9.17, 15) is 0 Å². The van der Waals surface area contributed by atoms with Gasteiger partial charge in [0.15, 0.2) is 0 Å². The number of benzene rings is 1. The summed E-state index contributed by atoms with van der Waals surface area (Å²) < 4.78 is 17.6. The van der Waals surface area contributed by atoms with Crippen molar-refractivity contribution in [2.45, 2.75) is 13.8 Å². The van der Waals surface area contributed by atoms with Crippen LogP contribution in [0.4, 0.5) is 0 Å². The van der Waals surface area contributed by atoms with Gasteiger partial charge in [0.2, 0.25) is 0 Å². The molecule has 1 aromatic rings. The van der Waals surface area contributed by atoms with Gasteiger partial charge in [-0.1, -0.05) is 6.07 Å². The summed E-state index contributed by atoms with van der Waals surface area (Å²) >= 11 is -2.36. The predicted octanol–water partition coefficient (Wildman–Crippen LogP) is 0.914. The van der Waals surface area contributed by atoms with Gasteiger partial charge in [-0.2, -0.15) is 5.26 Å². The van der Waals surface area contributed by atoms with Crippen LogP contribution in [0.5, 0.6) is 0 Å². The summed E-state index contributed by atoms with van der Waals surface area (Å²) in [4.78, 5) is 0. The summed E-state index contributed by atoms with van der Waals surface area (Å²) in [6, 6.07) is 7.79. The molecule has 0 fully saturated rings. The fraction of sp³-hybridized carbons (Fsp3) is 0.222. The van der Waals surface area contributed by atoms with E-state index in [0.29, 0.717) is 0 Å². The van der Waals surface area contributed by atoms with Gasteiger partial charge in [0.1, 0.15) is 0 Å². The number of rotatable bonds is 0. The zero-order chi connectivity index (χ0) is 11.1. The van der Waals surface area contributed by atoms with Crippen molar-refractivity contribution in [1.29, 1.82) is 5.26 Å². The lowest BCUT2D eigenvalue weighted by molar-refractivity contribution is 0.539. The first-order valence-corrected chi connectivity index (χ1v) is 4.92. The van der Waals surface area contributed by atoms with Gasteiger partial charge in [-0.15, -0.1) is 0 Å². The molecule has 14 heavy (non-hydrogen) atoms. The van der Waals surface area contributed by atoms with Crippen molar-refractivity contribution in [3.8, 4) is 6.07 Å². The van der Waals surface area contributed by atoms with E-state index in [0.717, 1.165) is 5.56 Å². The highest BCUT2D eigenvalue weighted by Crippen LogP contribution is 2.07. The van der Waals surface area contributed by atoms with E-state index in [4.69, 9.17) is 14.0 Å². The Kier molecular flexibility index (Phi) is 5.72. The van der Waals surface area contributed by atoms with Gasteiger partial charge < -0.3 is 4.55 Å². The molecule has 1 aromatic carbocycles. The Morgan fingerprint density at radius 3 is 2.29 bits per heavy atom. The molecule has 0 amide bonds. The summed E-state index contributed by atoms with van der Waals surface area (Å²) in [6.07, 6.45) is 0. The van der Waals surface area contributed by atoms with Gasteiger partial charge in [0, 0.05) is 11.3 Å². The smallest absolute Gasteiger partial charge is 0.0991 e. The minimum absolute atomic E-state index is 0.739. The minimum Gasteiger partial charge on any atom is -0.760 e. The fourth-order valence-electron chi connectivity index (χ4n) is 0.811. The highest BCUT2D eigenvalue weighted by Gasteiger charge is 1.92. The second-order valence-electron chi connectivity index (χ2n) is 2.67. The van der Waals surface area contributed by atoms with Crippen molar-refractivity contribution >= 4 is 11.3 Å². The third-order valence-electron chi connectivity index (χ3n) is 1.64. The topological polar surface area (TPSA) is 89.9 Å². The van der Waals surface area contributed by atoms with E-state index in [-0.39, 0.29) is 0 Å². The molecular weight excluding hydrogens is 200 g/mol. The first-order valence-electron chi connectivity index (χ1n) is 3.78. The SMILES string of the molecule is Cc1ccc(C#N)cc1C.NS(=O)[O-]. The zero-order valence-corrected chi connectivity index (χ0v) is 8.80. The molecule has 4 nitrogen and oxygen atoms in total. The molecule has 0 bridgehead atoms. The Morgan fingerprint density at radius 2 is 1.93 bits per heavy atom. The molecule has 0 aliphatic carbocycles. The van der Waals surface area contributed by atoms with Crippen molar-refractivity contribution in [2.24, 2.45) is 5.14 Å². The second-order valence-corrected chi connectivity index (χ2v) is 3.19. The molecule has 5 heteroatoms. The molecule has 0 radical (unpaired) electrons. The maximum atomic E-state index is 8.78. The Morgan fingerprint density at radius 1 is 1.43 bits per heavy atom. The van der Waals surface area contributed by atoms with Crippen LogP contribution in [0, 0.1) is 25.2 Å². The first-order chi connectivity index (χ1) is 6.47. The predicted molar refractivity (Wildman–Crippen MR) is 53.7 cm³/mol. The largest absolute Gasteiger partial charge is 0.760 e. The number of hydrogen-bond acceptors (Lipinski definition) is 3. The molecular formula is C9H11N2O2S-. The van der Waals surface area contributed by atoms with E-state index < -0.39 is 11.3 Å². The second kappa shape index (κ2) is 6.27. The molecule has 0 saturated carbocycles. The van der Waals surface area contributed by atoms with E-state index in [1.165, 1.54) is 11.1 Å². The Labute approximate surface area is 85.8 Å². The average molecular weight is 211 g/mol. The minimum atomic E-state index is -2.36. The molecule has 0 aliphatic rings. The molecule has 1 unspecified atom stereocenters. The van der Waals surface area contributed by atoms with Crippen molar-refractivity contribution < 1.29 is 8.76 Å². The van der Waals surface area contributed by atoms with Crippen LogP contribution in [0.25, 0.3) is 0 Å². The highest BCUT2D eigenvalue weighted by molar-refractivity contribution is 7.76. The number of nitrogens with two attached hydrogens (primary N) is 1. The van der Waals surface area contributed by atoms with Crippen LogP contribution < -0.4 is 5.14 Å². The third-order valence-corrected chi connectivity index (χ3v) is 1.64. The molecule has 0 saturated heterocycles. The van der Waals surface area contributed by atoms with E-state index in [2.05, 4.69) is 11.2 Å². The average Bonchev–Trinajstić information content (AvgIpc) is 2.09. The summed E-state index contributed by atoms with van der Waals surface area (Å²) in [6.45, 7) is 4.05. The van der Waals surface area contributed by atoms with Gasteiger partial charge in [0.05, 0.1) is 11.6 Å². The van der Waals surface area contributed by atoms with Crippen LogP contribution in [-0.2, 0) is 11.3 Å². The number of nitrogens with zero attached hydrogens (tertiary/aromatic N) is 1. The fourth-order valence-corrected chi connectivity index (χ4v) is 0.811. The molecule has 2 N–H and O–H groups in total. The molecule has 1 rings (SSSR count). The van der Waals surface area contributed by atoms with E-state index in [1.54, 1.807) is 0 Å². The normalized spacial score (nSPS) is 10.8. The summed E-state index contributed by atoms with van der Waals surface area (Å²) in [5.41, 5.74) is 3.15. The lowest BCUT2D eigenvalue weighted by Gasteiger charge is -1.96. The van der Waals surface area contributed by atoms with E-state index in [1.807, 2.05) is 32.0 Å². The lowest BCUT2D eigenvalue weighted by atomic mass is 10.1. The van der Waals surface area contributed by atoms with Crippen LogP contribution in [0.2, 0.25) is 0 Å². The molecule has 1 atom stereocenters. The van der Waals surface area contributed by atoms with Crippen LogP contribution in [-0.4, -0.2) is 8.76 Å². The molecule has 76 valence electrons. The standard InChI is InChI=1S/C9H9N.H3NO2S/c1-7-3-4-9(6-10)5-8(7)2;1-4(2)3/h3-5H,1-2H3;1H2,(H,2,3)/p-1. The van der Waals surface area contributed by atoms with Crippen molar-refractivity contribution in [2.75, 3.05) is 0 Å². The van der Waals surface area contributed by atoms with Crippen LogP contribution in [0.1, 0.15) is 16.7 Å². The molecule has 0 spiro atoms. The summed E-state index contributed by atoms with van der Waals surface area (Å²) in [5, 5.41) is 12.5. The van der Waals surface area contributed by atoms with Gasteiger partial charge in [0.25, 0.3) is 0 Å². The monoisotopic (exact) mass is 211 g/mol. The van der Waals surface area contributed by atoms with Crippen molar-refractivity contribution in [1.82, 2.24) is 0 Å². The summed E-state index contributed by atoms with van der Waals surface area (Å²) in [5.74, 6) is 0. The van der Waals surface area contributed by atoms with Crippen LogP contribution >= 0.6 is 0 Å². The van der Waals surface area contributed by atoms with Gasteiger partial charge in [-0.25, -0.2) is 0 Å². The van der Waals surface area contributed by atoms with Gasteiger partial charge in [-0.05, 0) is 37.1 Å². The summed E-state index contributed by atoms with van der Waals surface area (Å²) in [7, 11) is 0. The number of aryl methyl sites for hydroxylation is 2. The maximum Gasteiger partial charge on any atom is 0.0991 e.